The van der Waals surface area contributed by atoms with Crippen LogP contribution in [-0.2, 0) is 18.2 Å². The Balaban J connectivity index is 1.44. The Morgan fingerprint density at radius 2 is 2.24 bits per heavy atom. The third kappa shape index (κ3) is 3.19. The minimum Gasteiger partial charge on any atom is -0.482 e. The lowest BCUT2D eigenvalue weighted by atomic mass is 10.1. The van der Waals surface area contributed by atoms with E-state index in [4.69, 9.17) is 9.47 Å². The van der Waals surface area contributed by atoms with Gasteiger partial charge in [-0.15, -0.1) is 0 Å². The molecule has 4 rings (SSSR count). The van der Waals surface area contributed by atoms with Gasteiger partial charge in [-0.2, -0.15) is 5.10 Å². The van der Waals surface area contributed by atoms with E-state index in [1.165, 1.54) is 5.56 Å². The first-order valence-corrected chi connectivity index (χ1v) is 8.48. The number of benzene rings is 1. The third-order valence-corrected chi connectivity index (χ3v) is 4.79. The average Bonchev–Trinajstić information content (AvgIpc) is 3.30. The number of hydrogen-bond donors (Lipinski definition) is 1. The molecule has 2 atom stereocenters. The number of ether oxygens (including phenoxy) is 2. The van der Waals surface area contributed by atoms with Gasteiger partial charge in [-0.1, -0.05) is 6.07 Å². The van der Waals surface area contributed by atoms with Crippen LogP contribution in [0.25, 0.3) is 0 Å². The predicted molar refractivity (Wildman–Crippen MR) is 93.1 cm³/mol. The second kappa shape index (κ2) is 6.40. The molecular formula is C18H22N4O3. The number of likely N-dealkylation sites (N-methyl/N-ethyl adjacent to an activating group) is 1. The number of aryl methyl sites for hydroxylation is 1. The lowest BCUT2D eigenvalue weighted by Crippen LogP contribution is -2.45. The summed E-state index contributed by atoms with van der Waals surface area (Å²) in [7, 11) is 3.89. The Labute approximate surface area is 146 Å². The lowest BCUT2D eigenvalue weighted by Gasteiger charge is -2.20. The van der Waals surface area contributed by atoms with Gasteiger partial charge in [0.05, 0.1) is 31.6 Å². The van der Waals surface area contributed by atoms with Gasteiger partial charge in [-0.25, -0.2) is 0 Å². The topological polar surface area (TPSA) is 68.6 Å². The van der Waals surface area contributed by atoms with Crippen molar-refractivity contribution >= 4 is 11.6 Å². The number of anilines is 1. The van der Waals surface area contributed by atoms with Crippen molar-refractivity contribution in [2.24, 2.45) is 7.05 Å². The summed E-state index contributed by atoms with van der Waals surface area (Å²) in [6, 6.07) is 5.71. The molecule has 7 nitrogen and oxygen atoms in total. The van der Waals surface area contributed by atoms with E-state index in [0.29, 0.717) is 24.5 Å². The van der Waals surface area contributed by atoms with Crippen molar-refractivity contribution in [3.8, 4) is 5.75 Å². The molecule has 0 saturated carbocycles. The van der Waals surface area contributed by atoms with Crippen LogP contribution in [0.5, 0.6) is 5.75 Å². The van der Waals surface area contributed by atoms with Crippen molar-refractivity contribution in [2.75, 3.05) is 31.7 Å². The number of nitrogens with zero attached hydrogens (tertiary/aromatic N) is 3. The first-order chi connectivity index (χ1) is 12.1. The van der Waals surface area contributed by atoms with E-state index < -0.39 is 0 Å². The number of aromatic nitrogens is 2. The quantitative estimate of drug-likeness (QED) is 0.897. The highest BCUT2D eigenvalue weighted by molar-refractivity contribution is 5.95. The molecular weight excluding hydrogens is 320 g/mol. The standard InChI is InChI=1S/C18H22N4O3/c1-21-6-5-12-3-4-13(7-16(12)21)18(23)20-15-10-24-11-17(15)25-14-8-19-22(2)9-14/h3-4,7-9,15,17H,5-6,10-11H2,1-2H3,(H,20,23)/t15-,17+/m0/s1. The van der Waals surface area contributed by atoms with Crippen molar-refractivity contribution in [2.45, 2.75) is 18.6 Å². The largest absolute Gasteiger partial charge is 0.482 e. The van der Waals surface area contributed by atoms with E-state index in [1.54, 1.807) is 17.1 Å². The summed E-state index contributed by atoms with van der Waals surface area (Å²) in [5.41, 5.74) is 3.10. The number of carbonyl (C=O) groups is 1. The smallest absolute Gasteiger partial charge is 0.251 e. The summed E-state index contributed by atoms with van der Waals surface area (Å²) >= 11 is 0. The number of hydrogen-bond acceptors (Lipinski definition) is 5. The van der Waals surface area contributed by atoms with E-state index in [-0.39, 0.29) is 18.1 Å². The fourth-order valence-corrected chi connectivity index (χ4v) is 3.35. The highest BCUT2D eigenvalue weighted by Crippen LogP contribution is 2.27. The molecule has 132 valence electrons. The van der Waals surface area contributed by atoms with E-state index in [0.717, 1.165) is 18.7 Å². The van der Waals surface area contributed by atoms with Crippen LogP contribution in [-0.4, -0.2) is 54.6 Å². The molecule has 3 heterocycles. The molecule has 0 radical (unpaired) electrons. The van der Waals surface area contributed by atoms with Gasteiger partial charge in [0, 0.05) is 31.9 Å². The van der Waals surface area contributed by atoms with Gasteiger partial charge in [-0.05, 0) is 24.1 Å². The summed E-state index contributed by atoms with van der Waals surface area (Å²) in [6.07, 6.45) is 4.27. The first-order valence-electron chi connectivity index (χ1n) is 8.48. The number of fused-ring (bicyclic) bond motifs is 1. The maximum Gasteiger partial charge on any atom is 0.251 e. The Morgan fingerprint density at radius 3 is 3.04 bits per heavy atom. The molecule has 2 aliphatic rings. The second-order valence-corrected chi connectivity index (χ2v) is 6.64. The number of amides is 1. The van der Waals surface area contributed by atoms with Crippen LogP contribution in [0.1, 0.15) is 15.9 Å². The zero-order valence-electron chi connectivity index (χ0n) is 14.4. The summed E-state index contributed by atoms with van der Waals surface area (Å²) in [4.78, 5) is 14.8. The predicted octanol–water partition coefficient (Wildman–Crippen LogP) is 0.989. The molecule has 1 amide bonds. The summed E-state index contributed by atoms with van der Waals surface area (Å²) in [5, 5.41) is 7.14. The van der Waals surface area contributed by atoms with E-state index in [1.807, 2.05) is 25.2 Å². The fourth-order valence-electron chi connectivity index (χ4n) is 3.35. The van der Waals surface area contributed by atoms with Crippen LogP contribution in [0.4, 0.5) is 5.69 Å². The van der Waals surface area contributed by atoms with Crippen molar-refractivity contribution in [3.63, 3.8) is 0 Å². The minimum atomic E-state index is -0.217. The molecule has 1 saturated heterocycles. The Bertz CT molecular complexity index is 788. The van der Waals surface area contributed by atoms with Crippen molar-refractivity contribution in [1.29, 1.82) is 0 Å². The fraction of sp³-hybridized carbons (Fsp3) is 0.444. The van der Waals surface area contributed by atoms with Gasteiger partial charge in [-0.3, -0.25) is 9.48 Å². The van der Waals surface area contributed by atoms with Crippen LogP contribution < -0.4 is 15.0 Å². The molecule has 2 aromatic rings. The normalized spacial score (nSPS) is 22.1. The van der Waals surface area contributed by atoms with Crippen molar-refractivity contribution in [1.82, 2.24) is 15.1 Å². The zero-order chi connectivity index (χ0) is 17.4. The summed E-state index contributed by atoms with van der Waals surface area (Å²) in [5.74, 6) is 0.579. The second-order valence-electron chi connectivity index (χ2n) is 6.64. The van der Waals surface area contributed by atoms with Crippen LogP contribution in [0.2, 0.25) is 0 Å². The zero-order valence-corrected chi connectivity index (χ0v) is 14.4. The summed E-state index contributed by atoms with van der Waals surface area (Å²) in [6.45, 7) is 1.90. The molecule has 25 heavy (non-hydrogen) atoms. The minimum absolute atomic E-state index is 0.0987. The molecule has 0 bridgehead atoms. The molecule has 1 aromatic heterocycles. The molecule has 0 spiro atoms. The monoisotopic (exact) mass is 342 g/mol. The first kappa shape index (κ1) is 16.0. The van der Waals surface area contributed by atoms with Crippen LogP contribution in [0.15, 0.2) is 30.6 Å². The molecule has 0 unspecified atom stereocenters. The van der Waals surface area contributed by atoms with Crippen LogP contribution in [0.3, 0.4) is 0 Å². The SMILES string of the molecule is CN1CCc2ccc(C(=O)N[C@H]3COC[C@H]3Oc3cnn(C)c3)cc21. The highest BCUT2D eigenvalue weighted by Gasteiger charge is 2.32. The number of nitrogens with one attached hydrogen (secondary N) is 1. The maximum absolute atomic E-state index is 12.7. The third-order valence-electron chi connectivity index (χ3n) is 4.79. The molecule has 7 heteroatoms. The van der Waals surface area contributed by atoms with E-state index in [9.17, 15) is 4.79 Å². The van der Waals surface area contributed by atoms with Gasteiger partial charge in [0.1, 0.15) is 6.10 Å². The Hall–Kier alpha value is -2.54. The van der Waals surface area contributed by atoms with E-state index >= 15 is 0 Å². The number of carbonyl (C=O) groups excluding carboxylic acids is 1. The highest BCUT2D eigenvalue weighted by atomic mass is 16.5. The average molecular weight is 342 g/mol. The Kier molecular flexibility index (Phi) is 4.09. The molecule has 1 N–H and O–H groups in total. The molecule has 1 aromatic carbocycles. The lowest BCUT2D eigenvalue weighted by molar-refractivity contribution is 0.0904. The van der Waals surface area contributed by atoms with Crippen molar-refractivity contribution < 1.29 is 14.3 Å². The molecule has 2 aliphatic heterocycles. The number of rotatable bonds is 4. The summed E-state index contributed by atoms with van der Waals surface area (Å²) < 4.78 is 13.1. The Morgan fingerprint density at radius 1 is 1.36 bits per heavy atom. The van der Waals surface area contributed by atoms with E-state index in [2.05, 4.69) is 22.4 Å². The van der Waals surface area contributed by atoms with Gasteiger partial charge >= 0.3 is 0 Å². The van der Waals surface area contributed by atoms with Crippen LogP contribution in [0, 0.1) is 0 Å². The maximum atomic E-state index is 12.7. The van der Waals surface area contributed by atoms with Crippen molar-refractivity contribution in [3.05, 3.63) is 41.7 Å². The molecule has 1 fully saturated rings. The van der Waals surface area contributed by atoms with Gasteiger partial charge in [0.25, 0.3) is 5.91 Å². The van der Waals surface area contributed by atoms with Gasteiger partial charge < -0.3 is 19.7 Å². The van der Waals surface area contributed by atoms with Gasteiger partial charge in [0.2, 0.25) is 0 Å². The molecule has 0 aliphatic carbocycles. The van der Waals surface area contributed by atoms with Crippen LogP contribution >= 0.6 is 0 Å². The van der Waals surface area contributed by atoms with Gasteiger partial charge in [0.15, 0.2) is 5.75 Å².